The molecule has 0 spiro atoms. The molecule has 3 rings (SSSR count). The van der Waals surface area contributed by atoms with Crippen LogP contribution in [-0.4, -0.2) is 28.6 Å². The molecule has 22 heavy (non-hydrogen) atoms. The Morgan fingerprint density at radius 2 is 2.18 bits per heavy atom. The molecule has 0 aliphatic heterocycles. The highest BCUT2D eigenvalue weighted by molar-refractivity contribution is 6.02. The van der Waals surface area contributed by atoms with Gasteiger partial charge < -0.3 is 10.6 Å². The lowest BCUT2D eigenvalue weighted by atomic mass is 9.86. The number of hydrogen-bond donors (Lipinski definition) is 2. The minimum atomic E-state index is -0.276. The van der Waals surface area contributed by atoms with Gasteiger partial charge in [-0.05, 0) is 43.9 Å². The maximum atomic E-state index is 12.3. The fourth-order valence-electron chi connectivity index (χ4n) is 4.03. The quantitative estimate of drug-likeness (QED) is 0.874. The first-order valence-corrected chi connectivity index (χ1v) is 8.20. The van der Waals surface area contributed by atoms with Crippen molar-refractivity contribution in [2.45, 2.75) is 45.6 Å². The van der Waals surface area contributed by atoms with E-state index in [9.17, 15) is 9.59 Å². The van der Waals surface area contributed by atoms with Gasteiger partial charge >= 0.3 is 0 Å². The monoisotopic (exact) mass is 304 g/mol. The molecular formula is C16H24N4O2. The maximum absolute atomic E-state index is 12.3. The van der Waals surface area contributed by atoms with E-state index in [1.54, 1.807) is 17.9 Å². The number of carbonyl (C=O) groups excluding carboxylic acids is 2. The van der Waals surface area contributed by atoms with Crippen molar-refractivity contribution in [1.29, 1.82) is 0 Å². The zero-order chi connectivity index (χ0) is 15.7. The van der Waals surface area contributed by atoms with Gasteiger partial charge in [0.1, 0.15) is 0 Å². The van der Waals surface area contributed by atoms with Crippen molar-refractivity contribution >= 4 is 17.5 Å². The molecule has 2 bridgehead atoms. The van der Waals surface area contributed by atoms with E-state index < -0.39 is 0 Å². The summed E-state index contributed by atoms with van der Waals surface area (Å²) in [7, 11) is 1.56. The number of hydrogen-bond acceptors (Lipinski definition) is 3. The third-order valence-electron chi connectivity index (χ3n) is 5.13. The van der Waals surface area contributed by atoms with Crippen molar-refractivity contribution in [2.24, 2.45) is 17.8 Å². The molecule has 2 aliphatic carbocycles. The lowest BCUT2D eigenvalue weighted by molar-refractivity contribution is -0.117. The Kier molecular flexibility index (Phi) is 4.18. The number of nitrogens with zero attached hydrogens (tertiary/aromatic N) is 2. The van der Waals surface area contributed by atoms with E-state index in [-0.39, 0.29) is 17.5 Å². The summed E-state index contributed by atoms with van der Waals surface area (Å²) in [5.74, 6) is 1.81. The van der Waals surface area contributed by atoms with E-state index in [0.29, 0.717) is 24.6 Å². The van der Waals surface area contributed by atoms with Crippen LogP contribution in [0.3, 0.4) is 0 Å². The summed E-state index contributed by atoms with van der Waals surface area (Å²) < 4.78 is 1.66. The van der Waals surface area contributed by atoms with Gasteiger partial charge in [0.05, 0.1) is 5.69 Å². The smallest absolute Gasteiger partial charge is 0.273 e. The predicted molar refractivity (Wildman–Crippen MR) is 83.5 cm³/mol. The number of carbonyl (C=O) groups is 2. The summed E-state index contributed by atoms with van der Waals surface area (Å²) in [6.45, 7) is 2.60. The Hall–Kier alpha value is -1.85. The zero-order valence-corrected chi connectivity index (χ0v) is 13.3. The Labute approximate surface area is 130 Å². The molecule has 120 valence electrons. The van der Waals surface area contributed by atoms with Crippen LogP contribution in [0.5, 0.6) is 0 Å². The number of nitrogens with one attached hydrogen (secondary N) is 2. The van der Waals surface area contributed by atoms with Gasteiger partial charge in [0, 0.05) is 26.2 Å². The van der Waals surface area contributed by atoms with Gasteiger partial charge in [-0.25, -0.2) is 0 Å². The molecule has 2 N–H and O–H groups in total. The summed E-state index contributed by atoms with van der Waals surface area (Å²) >= 11 is 0. The van der Waals surface area contributed by atoms with Crippen LogP contribution < -0.4 is 10.6 Å². The first-order chi connectivity index (χ1) is 10.6. The summed E-state index contributed by atoms with van der Waals surface area (Å²) in [5.41, 5.74) is 0.792. The fourth-order valence-corrected chi connectivity index (χ4v) is 4.03. The number of rotatable bonds is 5. The van der Waals surface area contributed by atoms with E-state index in [2.05, 4.69) is 15.7 Å². The normalized spacial score (nSPS) is 26.2. The van der Waals surface area contributed by atoms with E-state index in [1.807, 2.05) is 6.92 Å². The van der Waals surface area contributed by atoms with Crippen molar-refractivity contribution in [3.63, 3.8) is 0 Å². The minimum absolute atomic E-state index is 0.00152. The predicted octanol–water partition coefficient (Wildman–Crippen LogP) is 2.03. The van der Waals surface area contributed by atoms with E-state index in [0.717, 1.165) is 11.8 Å². The second-order valence-corrected chi connectivity index (χ2v) is 6.51. The number of aromatic nitrogens is 2. The molecule has 0 aromatic carbocycles. The van der Waals surface area contributed by atoms with Crippen LogP contribution in [0.4, 0.5) is 5.69 Å². The molecule has 1 aromatic rings. The molecule has 0 radical (unpaired) electrons. The molecule has 6 heteroatoms. The summed E-state index contributed by atoms with van der Waals surface area (Å²) in [4.78, 5) is 24.2. The third-order valence-corrected chi connectivity index (χ3v) is 5.13. The van der Waals surface area contributed by atoms with Gasteiger partial charge in [-0.2, -0.15) is 5.10 Å². The van der Waals surface area contributed by atoms with Crippen molar-refractivity contribution in [3.05, 3.63) is 11.9 Å². The molecule has 2 aliphatic rings. The first kappa shape index (κ1) is 15.1. The van der Waals surface area contributed by atoms with Crippen LogP contribution in [-0.2, 0) is 11.3 Å². The van der Waals surface area contributed by atoms with Crippen molar-refractivity contribution in [2.75, 3.05) is 12.4 Å². The maximum Gasteiger partial charge on any atom is 0.273 e. The van der Waals surface area contributed by atoms with E-state index in [4.69, 9.17) is 0 Å². The van der Waals surface area contributed by atoms with Crippen molar-refractivity contribution < 1.29 is 9.59 Å². The van der Waals surface area contributed by atoms with E-state index >= 15 is 0 Å². The summed E-state index contributed by atoms with van der Waals surface area (Å²) in [6, 6.07) is 0. The van der Waals surface area contributed by atoms with Gasteiger partial charge in [-0.1, -0.05) is 6.42 Å². The van der Waals surface area contributed by atoms with Gasteiger partial charge in [-0.3, -0.25) is 14.3 Å². The average Bonchev–Trinajstić information content (AvgIpc) is 3.21. The second-order valence-electron chi connectivity index (χ2n) is 6.51. The number of aryl methyl sites for hydroxylation is 1. The Balaban J connectivity index is 1.65. The van der Waals surface area contributed by atoms with Crippen molar-refractivity contribution in [3.8, 4) is 0 Å². The molecule has 1 heterocycles. The number of anilines is 1. The molecule has 3 unspecified atom stereocenters. The third kappa shape index (κ3) is 2.87. The van der Waals surface area contributed by atoms with Crippen molar-refractivity contribution in [1.82, 2.24) is 15.1 Å². The number of amides is 2. The fraction of sp³-hybridized carbons (Fsp3) is 0.688. The SMILES string of the molecule is CCn1cc(NC(=O)CC2CC3CCC2C3)c(C(=O)NC)n1. The van der Waals surface area contributed by atoms with Crippen LogP contribution >= 0.6 is 0 Å². The lowest BCUT2D eigenvalue weighted by Gasteiger charge is -2.20. The van der Waals surface area contributed by atoms with Gasteiger partial charge in [-0.15, -0.1) is 0 Å². The van der Waals surface area contributed by atoms with Gasteiger partial charge in [0.2, 0.25) is 5.91 Å². The lowest BCUT2D eigenvalue weighted by Crippen LogP contribution is -2.23. The molecule has 3 atom stereocenters. The molecular weight excluding hydrogens is 280 g/mol. The molecule has 2 fully saturated rings. The van der Waals surface area contributed by atoms with E-state index in [1.165, 1.54) is 25.7 Å². The number of fused-ring (bicyclic) bond motifs is 2. The Morgan fingerprint density at radius 3 is 2.77 bits per heavy atom. The van der Waals surface area contributed by atoms with Crippen LogP contribution in [0.2, 0.25) is 0 Å². The van der Waals surface area contributed by atoms with Gasteiger partial charge in [0.25, 0.3) is 5.91 Å². The molecule has 6 nitrogen and oxygen atoms in total. The molecule has 2 amide bonds. The first-order valence-electron chi connectivity index (χ1n) is 8.20. The minimum Gasteiger partial charge on any atom is -0.354 e. The summed E-state index contributed by atoms with van der Waals surface area (Å²) in [5, 5.41) is 9.66. The Bertz CT molecular complexity index is 581. The van der Waals surface area contributed by atoms with Crippen LogP contribution in [0.25, 0.3) is 0 Å². The highest BCUT2D eigenvalue weighted by Crippen LogP contribution is 2.49. The van der Waals surface area contributed by atoms with Gasteiger partial charge in [0.15, 0.2) is 5.69 Å². The van der Waals surface area contributed by atoms with Crippen LogP contribution in [0.15, 0.2) is 6.20 Å². The second kappa shape index (κ2) is 6.10. The topological polar surface area (TPSA) is 76.0 Å². The average molecular weight is 304 g/mol. The molecule has 1 aromatic heterocycles. The molecule has 2 saturated carbocycles. The zero-order valence-electron chi connectivity index (χ0n) is 13.3. The molecule has 0 saturated heterocycles. The summed E-state index contributed by atoms with van der Waals surface area (Å²) in [6.07, 6.45) is 7.39. The highest BCUT2D eigenvalue weighted by atomic mass is 16.2. The highest BCUT2D eigenvalue weighted by Gasteiger charge is 2.40. The standard InChI is InChI=1S/C16H24N4O2/c1-3-20-9-13(15(19-20)16(22)17-2)18-14(21)8-12-7-10-4-5-11(12)6-10/h9-12H,3-8H2,1-2H3,(H,17,22)(H,18,21). The van der Waals surface area contributed by atoms with Crippen LogP contribution in [0, 0.1) is 17.8 Å². The largest absolute Gasteiger partial charge is 0.354 e. The van der Waals surface area contributed by atoms with Crippen LogP contribution in [0.1, 0.15) is 49.5 Å². The Morgan fingerprint density at radius 1 is 1.36 bits per heavy atom.